The van der Waals surface area contributed by atoms with E-state index >= 15 is 0 Å². The highest BCUT2D eigenvalue weighted by atomic mass is 32.2. The molecule has 0 aliphatic rings. The second kappa shape index (κ2) is 5.70. The van der Waals surface area contributed by atoms with E-state index < -0.39 is 5.97 Å². The van der Waals surface area contributed by atoms with E-state index in [4.69, 9.17) is 0 Å². The van der Waals surface area contributed by atoms with Crippen LogP contribution in [0.15, 0.2) is 24.3 Å². The maximum atomic E-state index is 10.1. The van der Waals surface area contributed by atoms with Crippen LogP contribution in [0.1, 0.15) is 17.5 Å². The van der Waals surface area contributed by atoms with Gasteiger partial charge >= 0.3 is 0 Å². The molecule has 1 rings (SSSR count). The number of hydrogen-bond acceptors (Lipinski definition) is 3. The molecule has 0 fully saturated rings. The lowest BCUT2D eigenvalue weighted by atomic mass is 10.2. The van der Waals surface area contributed by atoms with Crippen LogP contribution < -0.4 is 5.11 Å². The highest BCUT2D eigenvalue weighted by Crippen LogP contribution is 2.13. The Morgan fingerprint density at radius 1 is 1.36 bits per heavy atom. The Balaban J connectivity index is 2.25. The van der Waals surface area contributed by atoms with Gasteiger partial charge in [-0.15, -0.1) is 0 Å². The molecule has 76 valence electrons. The molecule has 1 aromatic carbocycles. The molecule has 0 saturated carbocycles. The van der Waals surface area contributed by atoms with Crippen molar-refractivity contribution >= 4 is 17.7 Å². The first-order valence-electron chi connectivity index (χ1n) is 4.51. The van der Waals surface area contributed by atoms with E-state index in [-0.39, 0.29) is 6.42 Å². The van der Waals surface area contributed by atoms with Crippen molar-refractivity contribution in [3.05, 3.63) is 35.4 Å². The molecular formula is C11H13O2S-. The first-order valence-corrected chi connectivity index (χ1v) is 5.67. The lowest BCUT2D eigenvalue weighted by Crippen LogP contribution is -2.22. The normalized spacial score (nSPS) is 10.1. The van der Waals surface area contributed by atoms with Crippen LogP contribution >= 0.6 is 11.8 Å². The first kappa shape index (κ1) is 11.1. The van der Waals surface area contributed by atoms with E-state index in [1.807, 2.05) is 6.92 Å². The Morgan fingerprint density at radius 2 is 2.00 bits per heavy atom. The van der Waals surface area contributed by atoms with Crippen LogP contribution in [0.25, 0.3) is 0 Å². The minimum Gasteiger partial charge on any atom is -0.550 e. The van der Waals surface area contributed by atoms with Crippen LogP contribution in [0, 0.1) is 6.92 Å². The van der Waals surface area contributed by atoms with Crippen molar-refractivity contribution in [2.45, 2.75) is 19.1 Å². The average molecular weight is 209 g/mol. The number of benzene rings is 1. The molecule has 0 aliphatic carbocycles. The van der Waals surface area contributed by atoms with Gasteiger partial charge in [-0.2, -0.15) is 11.8 Å². The van der Waals surface area contributed by atoms with Crippen molar-refractivity contribution in [1.82, 2.24) is 0 Å². The van der Waals surface area contributed by atoms with Crippen molar-refractivity contribution < 1.29 is 9.90 Å². The smallest absolute Gasteiger partial charge is 0.0422 e. The third-order valence-corrected chi connectivity index (χ3v) is 2.87. The Kier molecular flexibility index (Phi) is 4.53. The Morgan fingerprint density at radius 3 is 2.57 bits per heavy atom. The molecule has 0 amide bonds. The summed E-state index contributed by atoms with van der Waals surface area (Å²) in [5, 5.41) is 10.1. The van der Waals surface area contributed by atoms with Crippen LogP contribution in [0.2, 0.25) is 0 Å². The fourth-order valence-corrected chi connectivity index (χ4v) is 1.91. The van der Waals surface area contributed by atoms with Crippen LogP contribution in [0.4, 0.5) is 0 Å². The standard InChI is InChI=1S/C11H14O2S/c1-9-2-4-10(5-3-9)8-14-7-6-11(12)13/h2-5H,6-8H2,1H3,(H,12,13)/p-1. The summed E-state index contributed by atoms with van der Waals surface area (Å²) in [5.41, 5.74) is 2.48. The second-order valence-corrected chi connectivity index (χ2v) is 4.27. The number of thioether (sulfide) groups is 1. The van der Waals surface area contributed by atoms with E-state index in [9.17, 15) is 9.90 Å². The fraction of sp³-hybridized carbons (Fsp3) is 0.364. The lowest BCUT2D eigenvalue weighted by Gasteiger charge is -2.03. The van der Waals surface area contributed by atoms with Crippen molar-refractivity contribution in [3.8, 4) is 0 Å². The largest absolute Gasteiger partial charge is 0.550 e. The third kappa shape index (κ3) is 4.33. The summed E-state index contributed by atoms with van der Waals surface area (Å²) >= 11 is 1.62. The number of rotatable bonds is 5. The lowest BCUT2D eigenvalue weighted by molar-refractivity contribution is -0.305. The van der Waals surface area contributed by atoms with Crippen LogP contribution in [-0.2, 0) is 10.5 Å². The van der Waals surface area contributed by atoms with Crippen LogP contribution in [-0.4, -0.2) is 11.7 Å². The van der Waals surface area contributed by atoms with Gasteiger partial charge < -0.3 is 9.90 Å². The van der Waals surface area contributed by atoms with Gasteiger partial charge in [0.1, 0.15) is 0 Å². The number of hydrogen-bond donors (Lipinski definition) is 0. The minimum atomic E-state index is -0.971. The predicted molar refractivity (Wildman–Crippen MR) is 57.0 cm³/mol. The Hall–Kier alpha value is -0.960. The Labute approximate surface area is 88.3 Å². The van der Waals surface area contributed by atoms with Crippen molar-refractivity contribution in [3.63, 3.8) is 0 Å². The molecule has 0 bridgehead atoms. The summed E-state index contributed by atoms with van der Waals surface area (Å²) in [5.74, 6) is 0.519. The maximum Gasteiger partial charge on any atom is 0.0422 e. The number of aliphatic carboxylic acids is 1. The summed E-state index contributed by atoms with van der Waals surface area (Å²) in [7, 11) is 0. The molecule has 1 aromatic rings. The average Bonchev–Trinajstić information content (AvgIpc) is 2.15. The molecule has 0 radical (unpaired) electrons. The zero-order valence-corrected chi connectivity index (χ0v) is 8.97. The van der Waals surface area contributed by atoms with E-state index in [1.165, 1.54) is 11.1 Å². The summed E-state index contributed by atoms with van der Waals surface area (Å²) in [6.07, 6.45) is 0.135. The molecule has 0 spiro atoms. The van der Waals surface area contributed by atoms with E-state index in [1.54, 1.807) is 11.8 Å². The maximum absolute atomic E-state index is 10.1. The van der Waals surface area contributed by atoms with E-state index in [0.29, 0.717) is 5.75 Å². The van der Waals surface area contributed by atoms with Gasteiger partial charge in [-0.3, -0.25) is 0 Å². The fourth-order valence-electron chi connectivity index (χ4n) is 1.03. The zero-order chi connectivity index (χ0) is 10.4. The molecule has 0 unspecified atom stereocenters. The molecule has 2 nitrogen and oxygen atoms in total. The number of carboxylic acid groups (broad SMARTS) is 1. The van der Waals surface area contributed by atoms with Crippen molar-refractivity contribution in [2.24, 2.45) is 0 Å². The van der Waals surface area contributed by atoms with Gasteiger partial charge in [0.25, 0.3) is 0 Å². The zero-order valence-electron chi connectivity index (χ0n) is 8.16. The quantitative estimate of drug-likeness (QED) is 0.688. The minimum absolute atomic E-state index is 0.135. The van der Waals surface area contributed by atoms with E-state index in [2.05, 4.69) is 24.3 Å². The van der Waals surface area contributed by atoms with Gasteiger partial charge in [0.2, 0.25) is 0 Å². The van der Waals surface area contributed by atoms with Gasteiger partial charge in [-0.25, -0.2) is 0 Å². The van der Waals surface area contributed by atoms with Gasteiger partial charge in [-0.1, -0.05) is 29.8 Å². The molecule has 0 saturated heterocycles. The number of carboxylic acids is 1. The van der Waals surface area contributed by atoms with Crippen LogP contribution in [0.3, 0.4) is 0 Å². The summed E-state index contributed by atoms with van der Waals surface area (Å²) < 4.78 is 0. The Bertz CT molecular complexity index is 293. The third-order valence-electron chi connectivity index (χ3n) is 1.84. The van der Waals surface area contributed by atoms with Gasteiger partial charge in [0, 0.05) is 11.7 Å². The highest BCUT2D eigenvalue weighted by molar-refractivity contribution is 7.98. The SMILES string of the molecule is Cc1ccc(CSCCC(=O)[O-])cc1. The van der Waals surface area contributed by atoms with E-state index in [0.717, 1.165) is 5.75 Å². The summed E-state index contributed by atoms with van der Waals surface area (Å²) in [6, 6.07) is 8.27. The van der Waals surface area contributed by atoms with Gasteiger partial charge in [0.15, 0.2) is 0 Å². The summed E-state index contributed by atoms with van der Waals surface area (Å²) in [4.78, 5) is 10.1. The van der Waals surface area contributed by atoms with Crippen LogP contribution in [0.5, 0.6) is 0 Å². The molecule has 0 N–H and O–H groups in total. The summed E-state index contributed by atoms with van der Waals surface area (Å²) in [6.45, 7) is 2.05. The predicted octanol–water partition coefficient (Wildman–Crippen LogP) is 1.37. The number of carbonyl (C=O) groups excluding carboxylic acids is 1. The highest BCUT2D eigenvalue weighted by Gasteiger charge is 1.93. The molecular weight excluding hydrogens is 196 g/mol. The molecule has 0 heterocycles. The van der Waals surface area contributed by atoms with Gasteiger partial charge in [0.05, 0.1) is 0 Å². The molecule has 14 heavy (non-hydrogen) atoms. The van der Waals surface area contributed by atoms with Crippen molar-refractivity contribution in [2.75, 3.05) is 5.75 Å². The molecule has 0 aromatic heterocycles. The molecule has 0 atom stereocenters. The monoisotopic (exact) mass is 209 g/mol. The number of carbonyl (C=O) groups is 1. The number of aryl methyl sites for hydroxylation is 1. The topological polar surface area (TPSA) is 40.1 Å². The van der Waals surface area contributed by atoms with Gasteiger partial charge in [-0.05, 0) is 24.7 Å². The second-order valence-electron chi connectivity index (χ2n) is 3.16. The van der Waals surface area contributed by atoms with Crippen molar-refractivity contribution in [1.29, 1.82) is 0 Å². The molecule has 3 heteroatoms. The first-order chi connectivity index (χ1) is 6.68. The molecule has 0 aliphatic heterocycles.